The maximum atomic E-state index is 13.7. The van der Waals surface area contributed by atoms with E-state index in [1.165, 1.54) is 29.2 Å². The van der Waals surface area contributed by atoms with Crippen LogP contribution in [0.3, 0.4) is 0 Å². The van der Waals surface area contributed by atoms with Gasteiger partial charge in [0.1, 0.15) is 5.56 Å². The number of carbonyl (C=O) groups is 3. The molecule has 0 saturated heterocycles. The van der Waals surface area contributed by atoms with Crippen molar-refractivity contribution in [1.82, 2.24) is 10.2 Å². The van der Waals surface area contributed by atoms with Crippen LogP contribution in [0.1, 0.15) is 83.5 Å². The molecule has 8 nitrogen and oxygen atoms in total. The second-order valence-corrected chi connectivity index (χ2v) is 13.4. The number of rotatable bonds is 3. The van der Waals surface area contributed by atoms with Gasteiger partial charge in [0, 0.05) is 35.1 Å². The molecule has 0 unspecified atom stereocenters. The van der Waals surface area contributed by atoms with Crippen molar-refractivity contribution in [2.24, 2.45) is 34.5 Å². The van der Waals surface area contributed by atoms with E-state index in [1.807, 2.05) is 26.8 Å². The molecule has 0 bridgehead atoms. The van der Waals surface area contributed by atoms with Crippen LogP contribution in [-0.2, 0) is 9.59 Å². The van der Waals surface area contributed by atoms with E-state index < -0.39 is 22.2 Å². The van der Waals surface area contributed by atoms with Crippen molar-refractivity contribution in [3.8, 4) is 0 Å². The van der Waals surface area contributed by atoms with Crippen molar-refractivity contribution >= 4 is 23.4 Å². The van der Waals surface area contributed by atoms with Gasteiger partial charge in [0.05, 0.1) is 4.92 Å². The molecule has 3 aliphatic carbocycles. The second kappa shape index (κ2) is 9.02. The van der Waals surface area contributed by atoms with Gasteiger partial charge in [-0.3, -0.25) is 29.4 Å². The predicted octanol–water partition coefficient (Wildman–Crippen LogP) is 5.28. The Morgan fingerprint density at radius 3 is 2.45 bits per heavy atom. The molecule has 3 amide bonds. The van der Waals surface area contributed by atoms with Crippen LogP contribution in [0.4, 0.5) is 5.69 Å². The number of hydrogen-bond acceptors (Lipinski definition) is 5. The molecule has 0 radical (unpaired) electrons. The largest absolute Gasteiger partial charge is 0.351 e. The highest BCUT2D eigenvalue weighted by Crippen LogP contribution is 2.65. The third kappa shape index (κ3) is 4.07. The zero-order chi connectivity index (χ0) is 27.6. The molecule has 0 aromatic heterocycles. The average Bonchev–Trinajstić information content (AvgIpc) is 3.20. The standard InChI is InChI=1S/C30H39N3O5/c1-28(2,3)31-26(35)22-12-11-20-18-10-13-24-30(5,21(18)14-16-29(20,22)4)17-15-25(34)32(24)27(36)19-8-6-7-9-23(19)33(37)38/h6-9,15,17-18,20-22,24H,10-14,16H2,1-5H3,(H,31,35)/t18-,20-,21-,22+,24+,29-,30+/m0/s1. The summed E-state index contributed by atoms with van der Waals surface area (Å²) < 4.78 is 0. The van der Waals surface area contributed by atoms with Gasteiger partial charge in [-0.05, 0) is 88.5 Å². The molecule has 0 spiro atoms. The van der Waals surface area contributed by atoms with Gasteiger partial charge in [-0.2, -0.15) is 0 Å². The van der Waals surface area contributed by atoms with Crippen molar-refractivity contribution in [1.29, 1.82) is 0 Å². The molecular formula is C30H39N3O5. The minimum Gasteiger partial charge on any atom is -0.351 e. The SMILES string of the molecule is CC(C)(C)NC(=O)[C@H]1CC[C@H]2[C@@H]3CC[C@H]4N(C(=O)c5ccccc5[N+](=O)[O-])C(=O)C=C[C@]4(C)[C@H]3CC[C@]12C. The normalized spacial score (nSPS) is 36.2. The maximum absolute atomic E-state index is 13.7. The lowest BCUT2D eigenvalue weighted by atomic mass is 9.47. The number of imide groups is 1. The number of carbonyl (C=O) groups excluding carboxylic acids is 3. The summed E-state index contributed by atoms with van der Waals surface area (Å²) in [4.78, 5) is 52.4. The van der Waals surface area contributed by atoms with Crippen LogP contribution in [-0.4, -0.2) is 39.1 Å². The Labute approximate surface area is 224 Å². The van der Waals surface area contributed by atoms with E-state index in [1.54, 1.807) is 6.07 Å². The lowest BCUT2D eigenvalue weighted by Gasteiger charge is -2.60. The Bertz CT molecular complexity index is 1220. The first-order valence-electron chi connectivity index (χ1n) is 13.9. The van der Waals surface area contributed by atoms with Gasteiger partial charge in [0.25, 0.3) is 17.5 Å². The van der Waals surface area contributed by atoms with Gasteiger partial charge < -0.3 is 5.32 Å². The van der Waals surface area contributed by atoms with Gasteiger partial charge in [-0.15, -0.1) is 0 Å². The van der Waals surface area contributed by atoms with Gasteiger partial charge in [0.15, 0.2) is 0 Å². The fraction of sp³-hybridized carbons (Fsp3) is 0.633. The summed E-state index contributed by atoms with van der Waals surface area (Å²) in [6.07, 6.45) is 8.80. The first-order valence-corrected chi connectivity index (χ1v) is 13.9. The number of nitro benzene ring substituents is 1. The van der Waals surface area contributed by atoms with Gasteiger partial charge in [0.2, 0.25) is 5.91 Å². The van der Waals surface area contributed by atoms with Crippen LogP contribution in [0.5, 0.6) is 0 Å². The fourth-order valence-corrected chi connectivity index (χ4v) is 8.57. The number of para-hydroxylation sites is 1. The van der Waals surface area contributed by atoms with E-state index in [4.69, 9.17) is 0 Å². The van der Waals surface area contributed by atoms with Crippen molar-refractivity contribution < 1.29 is 19.3 Å². The summed E-state index contributed by atoms with van der Waals surface area (Å²) in [7, 11) is 0. The van der Waals surface area contributed by atoms with Crippen LogP contribution in [0.25, 0.3) is 0 Å². The molecule has 1 aromatic rings. The highest BCUT2D eigenvalue weighted by molar-refractivity contribution is 6.10. The highest BCUT2D eigenvalue weighted by atomic mass is 16.6. The molecule has 1 heterocycles. The van der Waals surface area contributed by atoms with Crippen LogP contribution in [0.2, 0.25) is 0 Å². The van der Waals surface area contributed by atoms with Crippen LogP contribution in [0.15, 0.2) is 36.4 Å². The van der Waals surface area contributed by atoms with E-state index in [9.17, 15) is 24.5 Å². The van der Waals surface area contributed by atoms with Gasteiger partial charge >= 0.3 is 0 Å². The minimum absolute atomic E-state index is 0.00149. The highest BCUT2D eigenvalue weighted by Gasteiger charge is 2.62. The van der Waals surface area contributed by atoms with Crippen molar-refractivity contribution in [2.45, 2.75) is 84.7 Å². The second-order valence-electron chi connectivity index (χ2n) is 13.4. The molecule has 3 fully saturated rings. The Balaban J connectivity index is 1.43. The topological polar surface area (TPSA) is 110 Å². The molecule has 3 saturated carbocycles. The zero-order valence-corrected chi connectivity index (χ0v) is 23.0. The first-order chi connectivity index (χ1) is 17.8. The van der Waals surface area contributed by atoms with Crippen molar-refractivity contribution in [2.75, 3.05) is 0 Å². The zero-order valence-electron chi connectivity index (χ0n) is 23.0. The van der Waals surface area contributed by atoms with Crippen molar-refractivity contribution in [3.05, 3.63) is 52.1 Å². The summed E-state index contributed by atoms with van der Waals surface area (Å²) in [6.45, 7) is 10.5. The Hall–Kier alpha value is -3.03. The van der Waals surface area contributed by atoms with E-state index in [0.717, 1.165) is 32.1 Å². The monoisotopic (exact) mass is 521 g/mol. The summed E-state index contributed by atoms with van der Waals surface area (Å²) in [5, 5.41) is 14.8. The number of benzene rings is 1. The minimum atomic E-state index is -0.596. The number of nitro groups is 1. The van der Waals surface area contributed by atoms with Crippen LogP contribution >= 0.6 is 0 Å². The third-order valence-corrected chi connectivity index (χ3v) is 10.2. The Morgan fingerprint density at radius 1 is 1.05 bits per heavy atom. The van der Waals surface area contributed by atoms with Crippen LogP contribution in [0, 0.1) is 44.6 Å². The maximum Gasteiger partial charge on any atom is 0.282 e. The van der Waals surface area contributed by atoms with Crippen LogP contribution < -0.4 is 5.32 Å². The van der Waals surface area contributed by atoms with E-state index >= 15 is 0 Å². The number of nitrogens with zero attached hydrogens (tertiary/aromatic N) is 2. The molecule has 204 valence electrons. The molecule has 1 N–H and O–H groups in total. The quantitative estimate of drug-likeness (QED) is 0.331. The molecule has 4 aliphatic rings. The van der Waals surface area contributed by atoms with E-state index in [2.05, 4.69) is 19.2 Å². The van der Waals surface area contributed by atoms with Gasteiger partial charge in [-0.25, -0.2) is 0 Å². The lowest BCUT2D eigenvalue weighted by molar-refractivity contribution is -0.385. The summed E-state index contributed by atoms with van der Waals surface area (Å²) in [6, 6.07) is 5.51. The number of nitrogens with one attached hydrogen (secondary N) is 1. The Kier molecular flexibility index (Phi) is 6.31. The van der Waals surface area contributed by atoms with E-state index in [-0.39, 0.29) is 46.0 Å². The van der Waals surface area contributed by atoms with Gasteiger partial charge in [-0.1, -0.05) is 32.1 Å². The smallest absolute Gasteiger partial charge is 0.282 e. The lowest BCUT2D eigenvalue weighted by Crippen LogP contribution is -2.62. The summed E-state index contributed by atoms with van der Waals surface area (Å²) in [5.41, 5.74) is -1.08. The summed E-state index contributed by atoms with van der Waals surface area (Å²) in [5.74, 6) is 0.248. The molecule has 38 heavy (non-hydrogen) atoms. The average molecular weight is 522 g/mol. The molecular weight excluding hydrogens is 482 g/mol. The first kappa shape index (κ1) is 26.6. The Morgan fingerprint density at radius 2 is 1.76 bits per heavy atom. The number of amides is 3. The third-order valence-electron chi connectivity index (χ3n) is 10.2. The molecule has 8 heteroatoms. The molecule has 1 aliphatic heterocycles. The molecule has 1 aromatic carbocycles. The van der Waals surface area contributed by atoms with Crippen molar-refractivity contribution in [3.63, 3.8) is 0 Å². The fourth-order valence-electron chi connectivity index (χ4n) is 8.57. The summed E-state index contributed by atoms with van der Waals surface area (Å²) >= 11 is 0. The number of hydrogen-bond donors (Lipinski definition) is 1. The molecule has 5 rings (SSSR count). The molecule has 7 atom stereocenters. The van der Waals surface area contributed by atoms with E-state index in [0.29, 0.717) is 18.3 Å². The number of fused-ring (bicyclic) bond motifs is 5. The predicted molar refractivity (Wildman–Crippen MR) is 143 cm³/mol.